The molecule has 102 valence electrons. The zero-order valence-electron chi connectivity index (χ0n) is 11.0. The Hall–Kier alpha value is -1.36. The fourth-order valence-corrected chi connectivity index (χ4v) is 3.89. The third-order valence-electron chi connectivity index (χ3n) is 4.15. The largest absolute Gasteiger partial charge is 0.276 e. The van der Waals surface area contributed by atoms with Gasteiger partial charge in [-0.3, -0.25) is 0 Å². The number of aryl methyl sites for hydroxylation is 1. The van der Waals surface area contributed by atoms with E-state index in [1.54, 1.807) is 24.3 Å². The maximum Gasteiger partial charge on any atom is 0.276 e. The van der Waals surface area contributed by atoms with Crippen molar-refractivity contribution in [2.24, 2.45) is 16.9 Å². The first-order valence-corrected chi connectivity index (χ1v) is 8.18. The molecule has 0 spiro atoms. The SMILES string of the molecule is Cc1ccc(S(=O)(=O)N/N=C2/C[C@H]3CC[C@H]2C3)cc1. The summed E-state index contributed by atoms with van der Waals surface area (Å²) in [5.41, 5.74) is 2.07. The molecule has 19 heavy (non-hydrogen) atoms. The molecule has 0 heterocycles. The second kappa shape index (κ2) is 4.63. The summed E-state index contributed by atoms with van der Waals surface area (Å²) in [6, 6.07) is 6.80. The van der Waals surface area contributed by atoms with Crippen LogP contribution in [0.1, 0.15) is 31.2 Å². The minimum Gasteiger partial charge on any atom is -0.200 e. The van der Waals surface area contributed by atoms with E-state index in [1.807, 2.05) is 6.92 Å². The second-order valence-electron chi connectivity index (χ2n) is 5.59. The van der Waals surface area contributed by atoms with Gasteiger partial charge in [0, 0.05) is 5.71 Å². The Kier molecular flexibility index (Phi) is 3.09. The molecule has 1 aromatic rings. The van der Waals surface area contributed by atoms with Gasteiger partial charge in [0.1, 0.15) is 0 Å². The number of hydrazone groups is 1. The van der Waals surface area contributed by atoms with Crippen molar-refractivity contribution in [3.63, 3.8) is 0 Å². The minimum atomic E-state index is -3.52. The maximum atomic E-state index is 12.1. The summed E-state index contributed by atoms with van der Waals surface area (Å²) in [6.45, 7) is 1.93. The first kappa shape index (κ1) is 12.7. The normalized spacial score (nSPS) is 27.9. The van der Waals surface area contributed by atoms with E-state index >= 15 is 0 Å². The van der Waals surface area contributed by atoms with Gasteiger partial charge in [0.25, 0.3) is 10.0 Å². The van der Waals surface area contributed by atoms with Gasteiger partial charge in [0.15, 0.2) is 0 Å². The van der Waals surface area contributed by atoms with Crippen LogP contribution in [0.25, 0.3) is 0 Å². The van der Waals surface area contributed by atoms with Crippen molar-refractivity contribution in [1.82, 2.24) is 4.83 Å². The molecule has 2 bridgehead atoms. The highest BCUT2D eigenvalue weighted by Gasteiger charge is 2.36. The molecule has 2 atom stereocenters. The van der Waals surface area contributed by atoms with Crippen LogP contribution >= 0.6 is 0 Å². The molecule has 0 unspecified atom stereocenters. The fourth-order valence-electron chi connectivity index (χ4n) is 3.05. The molecule has 0 amide bonds. The topological polar surface area (TPSA) is 58.5 Å². The lowest BCUT2D eigenvalue weighted by Gasteiger charge is -2.12. The minimum absolute atomic E-state index is 0.269. The van der Waals surface area contributed by atoms with Gasteiger partial charge in [-0.25, -0.2) is 4.83 Å². The molecule has 0 aromatic heterocycles. The van der Waals surface area contributed by atoms with E-state index in [9.17, 15) is 8.42 Å². The lowest BCUT2D eigenvalue weighted by molar-refractivity contribution is 0.579. The smallest absolute Gasteiger partial charge is 0.200 e. The average molecular weight is 278 g/mol. The van der Waals surface area contributed by atoms with Gasteiger partial charge in [0.2, 0.25) is 0 Å². The van der Waals surface area contributed by atoms with Crippen molar-refractivity contribution in [3.05, 3.63) is 29.8 Å². The lowest BCUT2D eigenvalue weighted by atomic mass is 9.99. The number of nitrogens with one attached hydrogen (secondary N) is 1. The molecule has 1 N–H and O–H groups in total. The molecule has 1 aromatic carbocycles. The average Bonchev–Trinajstić information content (AvgIpc) is 2.99. The first-order valence-electron chi connectivity index (χ1n) is 6.69. The quantitative estimate of drug-likeness (QED) is 0.863. The van der Waals surface area contributed by atoms with Crippen LogP contribution in [0.5, 0.6) is 0 Å². The molecule has 0 aliphatic heterocycles. The van der Waals surface area contributed by atoms with Gasteiger partial charge in [-0.2, -0.15) is 13.5 Å². The summed E-state index contributed by atoms with van der Waals surface area (Å²) < 4.78 is 24.2. The Bertz CT molecular complexity index is 605. The maximum absolute atomic E-state index is 12.1. The van der Waals surface area contributed by atoms with Crippen LogP contribution in [0.4, 0.5) is 0 Å². The highest BCUT2D eigenvalue weighted by atomic mass is 32.2. The summed E-state index contributed by atoms with van der Waals surface area (Å²) in [6.07, 6.45) is 4.58. The number of hydrogen-bond donors (Lipinski definition) is 1. The Morgan fingerprint density at radius 1 is 1.21 bits per heavy atom. The third-order valence-corrected chi connectivity index (χ3v) is 5.38. The predicted molar refractivity (Wildman–Crippen MR) is 74.4 cm³/mol. The molecular formula is C14H18N2O2S. The molecule has 5 heteroatoms. The summed E-state index contributed by atoms with van der Waals surface area (Å²) in [7, 11) is -3.52. The molecule has 2 aliphatic carbocycles. The fraction of sp³-hybridized carbons (Fsp3) is 0.500. The van der Waals surface area contributed by atoms with Crippen molar-refractivity contribution in [3.8, 4) is 0 Å². The Morgan fingerprint density at radius 3 is 2.53 bits per heavy atom. The zero-order chi connectivity index (χ0) is 13.5. The van der Waals surface area contributed by atoms with Crippen LogP contribution in [-0.2, 0) is 10.0 Å². The van der Waals surface area contributed by atoms with Crippen molar-refractivity contribution in [1.29, 1.82) is 0 Å². The number of hydrogen-bond acceptors (Lipinski definition) is 3. The predicted octanol–water partition coefficient (Wildman–Crippen LogP) is 2.45. The molecule has 2 fully saturated rings. The molecule has 4 nitrogen and oxygen atoms in total. The van der Waals surface area contributed by atoms with E-state index in [2.05, 4.69) is 9.93 Å². The van der Waals surface area contributed by atoms with E-state index in [4.69, 9.17) is 0 Å². The van der Waals surface area contributed by atoms with Crippen molar-refractivity contribution in [2.45, 2.75) is 37.5 Å². The third kappa shape index (κ3) is 2.52. The molecule has 2 saturated carbocycles. The second-order valence-corrected chi connectivity index (χ2v) is 7.25. The molecule has 3 rings (SSSR count). The highest BCUT2D eigenvalue weighted by Crippen LogP contribution is 2.42. The van der Waals surface area contributed by atoms with Gasteiger partial charge >= 0.3 is 0 Å². The van der Waals surface area contributed by atoms with Crippen LogP contribution in [0, 0.1) is 18.8 Å². The zero-order valence-corrected chi connectivity index (χ0v) is 11.8. The number of sulfonamides is 1. The first-order chi connectivity index (χ1) is 9.04. The van der Waals surface area contributed by atoms with Gasteiger partial charge in [-0.1, -0.05) is 17.7 Å². The van der Waals surface area contributed by atoms with Crippen LogP contribution in [0.2, 0.25) is 0 Å². The Morgan fingerprint density at radius 2 is 1.95 bits per heavy atom. The van der Waals surface area contributed by atoms with Crippen molar-refractivity contribution < 1.29 is 8.42 Å². The van der Waals surface area contributed by atoms with Gasteiger partial charge in [-0.05, 0) is 56.6 Å². The van der Waals surface area contributed by atoms with Crippen LogP contribution in [0.15, 0.2) is 34.3 Å². The molecule has 2 aliphatic rings. The van der Waals surface area contributed by atoms with Crippen LogP contribution in [0.3, 0.4) is 0 Å². The van der Waals surface area contributed by atoms with Crippen LogP contribution in [-0.4, -0.2) is 14.1 Å². The van der Waals surface area contributed by atoms with Crippen molar-refractivity contribution >= 4 is 15.7 Å². The number of benzene rings is 1. The Labute approximate surface area is 114 Å². The summed E-state index contributed by atoms with van der Waals surface area (Å²) in [5.74, 6) is 1.23. The highest BCUT2D eigenvalue weighted by molar-refractivity contribution is 7.89. The monoisotopic (exact) mass is 278 g/mol. The number of rotatable bonds is 3. The van der Waals surface area contributed by atoms with E-state index < -0.39 is 10.0 Å². The van der Waals surface area contributed by atoms with Gasteiger partial charge in [0.05, 0.1) is 4.90 Å². The lowest BCUT2D eigenvalue weighted by Crippen LogP contribution is -2.22. The van der Waals surface area contributed by atoms with Crippen LogP contribution < -0.4 is 4.83 Å². The van der Waals surface area contributed by atoms with E-state index in [1.165, 1.54) is 12.8 Å². The summed E-state index contributed by atoms with van der Waals surface area (Å²) in [5, 5.41) is 4.16. The Balaban J connectivity index is 1.75. The standard InChI is InChI=1S/C14H18N2O2S/c1-10-2-6-13(7-3-10)19(17,18)16-15-14-9-11-4-5-12(14)8-11/h2-3,6-7,11-12,16H,4-5,8-9H2,1H3/b15-14-/t11-,12-/m0/s1. The van der Waals surface area contributed by atoms with E-state index in [0.717, 1.165) is 30.0 Å². The molecular weight excluding hydrogens is 260 g/mol. The molecule has 0 saturated heterocycles. The van der Waals surface area contributed by atoms with Gasteiger partial charge < -0.3 is 0 Å². The summed E-state index contributed by atoms with van der Waals surface area (Å²) >= 11 is 0. The van der Waals surface area contributed by atoms with E-state index in [-0.39, 0.29) is 4.90 Å². The number of nitrogens with zero attached hydrogens (tertiary/aromatic N) is 1. The van der Waals surface area contributed by atoms with E-state index in [0.29, 0.717) is 5.92 Å². The van der Waals surface area contributed by atoms with Crippen molar-refractivity contribution in [2.75, 3.05) is 0 Å². The summed E-state index contributed by atoms with van der Waals surface area (Å²) in [4.78, 5) is 2.65. The molecule has 0 radical (unpaired) electrons. The number of fused-ring (bicyclic) bond motifs is 2. The van der Waals surface area contributed by atoms with Gasteiger partial charge in [-0.15, -0.1) is 0 Å².